The summed E-state index contributed by atoms with van der Waals surface area (Å²) in [7, 11) is 1.75. The predicted octanol–water partition coefficient (Wildman–Crippen LogP) is 1.21. The van der Waals surface area contributed by atoms with Crippen LogP contribution in [0.15, 0.2) is 4.99 Å². The molecule has 0 radical (unpaired) electrons. The number of guanidine groups is 1. The molecule has 2 unspecified atom stereocenters. The maximum absolute atomic E-state index is 9.02. The average Bonchev–Trinajstić information content (AvgIpc) is 2.84. The maximum atomic E-state index is 9.02. The Kier molecular flexibility index (Phi) is 7.13. The number of terminal acetylenes is 1. The summed E-state index contributed by atoms with van der Waals surface area (Å²) in [5, 5.41) is 15.6. The molecule has 4 nitrogen and oxygen atoms in total. The minimum atomic E-state index is 0.111. The van der Waals surface area contributed by atoms with Crippen molar-refractivity contribution in [2.45, 2.75) is 25.3 Å². The number of nitriles is 1. The third-order valence-corrected chi connectivity index (χ3v) is 3.82. The van der Waals surface area contributed by atoms with Gasteiger partial charge in [0.2, 0.25) is 0 Å². The van der Waals surface area contributed by atoms with Crippen LogP contribution in [0.25, 0.3) is 0 Å². The van der Waals surface area contributed by atoms with E-state index in [1.54, 1.807) is 18.8 Å². The van der Waals surface area contributed by atoms with Crippen molar-refractivity contribution >= 4 is 17.7 Å². The lowest BCUT2D eigenvalue weighted by atomic mass is 10.1. The Morgan fingerprint density at radius 2 is 2.39 bits per heavy atom. The molecule has 5 heteroatoms. The molecule has 1 saturated carbocycles. The summed E-state index contributed by atoms with van der Waals surface area (Å²) in [5.74, 6) is 5.19. The van der Waals surface area contributed by atoms with E-state index in [9.17, 15) is 0 Å². The molecule has 0 amide bonds. The Bertz CT molecular complexity index is 353. The first kappa shape index (κ1) is 14.7. The zero-order valence-corrected chi connectivity index (χ0v) is 11.6. The van der Waals surface area contributed by atoms with E-state index in [4.69, 9.17) is 11.7 Å². The summed E-state index contributed by atoms with van der Waals surface area (Å²) in [5.41, 5.74) is 0. The van der Waals surface area contributed by atoms with Crippen molar-refractivity contribution < 1.29 is 0 Å². The van der Waals surface area contributed by atoms with Crippen LogP contribution in [-0.4, -0.2) is 37.1 Å². The van der Waals surface area contributed by atoms with Crippen LogP contribution < -0.4 is 10.6 Å². The third-order valence-electron chi connectivity index (χ3n) is 2.95. The van der Waals surface area contributed by atoms with Gasteiger partial charge in [-0.05, 0) is 19.3 Å². The molecule has 0 spiro atoms. The standard InChI is InChI=1S/C13H20N4S/c1-3-8-18-9-7-16-13(15-2)17-12-6-4-5-11(12)10-14/h1,11-12H,4-9H2,2H3,(H2,15,16,17). The smallest absolute Gasteiger partial charge is 0.191 e. The molecule has 0 aliphatic heterocycles. The van der Waals surface area contributed by atoms with Gasteiger partial charge in [0.05, 0.1) is 17.7 Å². The molecule has 1 fully saturated rings. The van der Waals surface area contributed by atoms with Gasteiger partial charge in [0, 0.05) is 25.4 Å². The van der Waals surface area contributed by atoms with E-state index < -0.39 is 0 Å². The topological polar surface area (TPSA) is 60.2 Å². The van der Waals surface area contributed by atoms with Crippen molar-refractivity contribution in [2.24, 2.45) is 10.9 Å². The van der Waals surface area contributed by atoms with Crippen molar-refractivity contribution in [3.63, 3.8) is 0 Å². The summed E-state index contributed by atoms with van der Waals surface area (Å²) >= 11 is 1.72. The minimum Gasteiger partial charge on any atom is -0.356 e. The number of hydrogen-bond acceptors (Lipinski definition) is 3. The maximum Gasteiger partial charge on any atom is 0.191 e. The highest BCUT2D eigenvalue weighted by Gasteiger charge is 2.27. The number of rotatable bonds is 5. The van der Waals surface area contributed by atoms with Crippen molar-refractivity contribution in [1.29, 1.82) is 5.26 Å². The van der Waals surface area contributed by atoms with Crippen LogP contribution >= 0.6 is 11.8 Å². The van der Waals surface area contributed by atoms with E-state index in [2.05, 4.69) is 27.6 Å². The van der Waals surface area contributed by atoms with Gasteiger partial charge in [-0.1, -0.05) is 5.92 Å². The molecule has 0 heterocycles. The SMILES string of the molecule is C#CCSCCNC(=NC)NC1CCCC1C#N. The quantitative estimate of drug-likeness (QED) is 0.339. The minimum absolute atomic E-state index is 0.111. The molecular formula is C13H20N4S. The van der Waals surface area contributed by atoms with Gasteiger partial charge in [0.1, 0.15) is 0 Å². The summed E-state index contributed by atoms with van der Waals surface area (Å²) in [4.78, 5) is 4.17. The van der Waals surface area contributed by atoms with Gasteiger partial charge in [-0.15, -0.1) is 18.2 Å². The molecule has 1 aliphatic rings. The van der Waals surface area contributed by atoms with Gasteiger partial charge in [-0.3, -0.25) is 4.99 Å². The first-order valence-electron chi connectivity index (χ1n) is 6.19. The normalized spacial score (nSPS) is 23.2. The predicted molar refractivity (Wildman–Crippen MR) is 77.4 cm³/mol. The highest BCUT2D eigenvalue weighted by atomic mass is 32.2. The number of hydrogen-bond donors (Lipinski definition) is 2. The molecule has 2 atom stereocenters. The Balaban J connectivity index is 2.26. The largest absolute Gasteiger partial charge is 0.356 e. The molecule has 0 aromatic carbocycles. The van der Waals surface area contributed by atoms with Gasteiger partial charge < -0.3 is 10.6 Å². The molecule has 0 bridgehead atoms. The molecule has 0 saturated heterocycles. The summed E-state index contributed by atoms with van der Waals surface area (Å²) in [6.07, 6.45) is 8.33. The van der Waals surface area contributed by atoms with E-state index in [0.717, 1.165) is 43.3 Å². The fourth-order valence-electron chi connectivity index (χ4n) is 2.03. The summed E-state index contributed by atoms with van der Waals surface area (Å²) in [6.45, 7) is 0.829. The third kappa shape index (κ3) is 4.89. The molecule has 2 N–H and O–H groups in total. The zero-order valence-electron chi connectivity index (χ0n) is 10.8. The van der Waals surface area contributed by atoms with E-state index in [1.807, 2.05) is 0 Å². The summed E-state index contributed by atoms with van der Waals surface area (Å²) < 4.78 is 0. The average molecular weight is 264 g/mol. The second-order valence-electron chi connectivity index (χ2n) is 4.17. The fraction of sp³-hybridized carbons (Fsp3) is 0.692. The van der Waals surface area contributed by atoms with Gasteiger partial charge >= 0.3 is 0 Å². The summed E-state index contributed by atoms with van der Waals surface area (Å²) in [6, 6.07) is 2.59. The monoisotopic (exact) mass is 264 g/mol. The molecule has 0 aromatic heterocycles. The molecule has 0 aromatic rings. The Morgan fingerprint density at radius 3 is 3.06 bits per heavy atom. The molecule has 18 heavy (non-hydrogen) atoms. The van der Waals surface area contributed by atoms with E-state index in [1.165, 1.54) is 0 Å². The Morgan fingerprint density at radius 1 is 1.56 bits per heavy atom. The number of nitrogens with zero attached hydrogens (tertiary/aromatic N) is 2. The highest BCUT2D eigenvalue weighted by molar-refractivity contribution is 7.99. The molecule has 1 rings (SSSR count). The van der Waals surface area contributed by atoms with Gasteiger partial charge in [0.15, 0.2) is 5.96 Å². The van der Waals surface area contributed by atoms with Gasteiger partial charge in [-0.25, -0.2) is 0 Å². The van der Waals surface area contributed by atoms with E-state index >= 15 is 0 Å². The zero-order chi connectivity index (χ0) is 13.2. The Labute approximate surface area is 114 Å². The van der Waals surface area contributed by atoms with Gasteiger partial charge in [-0.2, -0.15) is 5.26 Å². The van der Waals surface area contributed by atoms with Crippen molar-refractivity contribution in [1.82, 2.24) is 10.6 Å². The number of thioether (sulfide) groups is 1. The molecule has 1 aliphatic carbocycles. The Hall–Kier alpha value is -1.33. The van der Waals surface area contributed by atoms with Crippen LogP contribution in [0.1, 0.15) is 19.3 Å². The van der Waals surface area contributed by atoms with Crippen LogP contribution in [0.3, 0.4) is 0 Å². The lowest BCUT2D eigenvalue weighted by Gasteiger charge is -2.19. The number of aliphatic imine (C=N–C) groups is 1. The van der Waals surface area contributed by atoms with Crippen molar-refractivity contribution in [3.05, 3.63) is 0 Å². The van der Waals surface area contributed by atoms with Crippen LogP contribution in [0, 0.1) is 29.6 Å². The van der Waals surface area contributed by atoms with Crippen molar-refractivity contribution in [3.8, 4) is 18.4 Å². The van der Waals surface area contributed by atoms with Crippen LogP contribution in [0.2, 0.25) is 0 Å². The van der Waals surface area contributed by atoms with E-state index in [-0.39, 0.29) is 12.0 Å². The van der Waals surface area contributed by atoms with Crippen molar-refractivity contribution in [2.75, 3.05) is 25.1 Å². The fourth-order valence-corrected chi connectivity index (χ4v) is 2.54. The number of nitrogens with one attached hydrogen (secondary N) is 2. The molecular weight excluding hydrogens is 244 g/mol. The highest BCUT2D eigenvalue weighted by Crippen LogP contribution is 2.24. The van der Waals surface area contributed by atoms with Crippen LogP contribution in [0.4, 0.5) is 0 Å². The van der Waals surface area contributed by atoms with Crippen LogP contribution in [-0.2, 0) is 0 Å². The van der Waals surface area contributed by atoms with E-state index in [0.29, 0.717) is 0 Å². The lowest BCUT2D eigenvalue weighted by Crippen LogP contribution is -2.45. The first-order valence-corrected chi connectivity index (χ1v) is 7.35. The molecule has 98 valence electrons. The van der Waals surface area contributed by atoms with Crippen LogP contribution in [0.5, 0.6) is 0 Å². The second kappa shape index (κ2) is 8.72. The van der Waals surface area contributed by atoms with Gasteiger partial charge in [0.25, 0.3) is 0 Å². The second-order valence-corrected chi connectivity index (χ2v) is 5.28. The lowest BCUT2D eigenvalue weighted by molar-refractivity contribution is 0.534. The first-order chi connectivity index (χ1) is 8.81.